The van der Waals surface area contributed by atoms with Gasteiger partial charge >= 0.3 is 0 Å². The first-order valence-electron chi connectivity index (χ1n) is 19.9. The monoisotopic (exact) mass is 737 g/mol. The zero-order chi connectivity index (χ0) is 38.2. The molecular weight excluding hydrogens is 703 g/mol. The molecule has 2 nitrogen and oxygen atoms in total. The molecule has 0 saturated heterocycles. The summed E-state index contributed by atoms with van der Waals surface area (Å²) in [4.78, 5) is 2.47. The van der Waals surface area contributed by atoms with E-state index in [9.17, 15) is 0 Å². The van der Waals surface area contributed by atoms with Crippen molar-refractivity contribution < 1.29 is 4.42 Å². The first kappa shape index (κ1) is 32.6. The summed E-state index contributed by atoms with van der Waals surface area (Å²) in [7, 11) is 0. The number of furan rings is 1. The minimum absolute atomic E-state index is 0.864. The third-order valence-corrected chi connectivity index (χ3v) is 12.0. The highest BCUT2D eigenvalue weighted by Gasteiger charge is 2.24. The maximum absolute atomic E-state index is 6.81. The van der Waals surface area contributed by atoms with Gasteiger partial charge in [-0.25, -0.2) is 0 Å². The van der Waals surface area contributed by atoms with Crippen LogP contribution in [0.15, 0.2) is 217 Å². The van der Waals surface area contributed by atoms with E-state index in [-0.39, 0.29) is 0 Å². The first-order chi connectivity index (χ1) is 28.8. The molecule has 1 heterocycles. The minimum atomic E-state index is 0.864. The summed E-state index contributed by atoms with van der Waals surface area (Å²) in [6, 6.07) is 77.1. The fourth-order valence-electron chi connectivity index (χ4n) is 9.48. The van der Waals surface area contributed by atoms with E-state index in [0.717, 1.165) is 49.8 Å². The van der Waals surface area contributed by atoms with Gasteiger partial charge in [0.25, 0.3) is 0 Å². The van der Waals surface area contributed by atoms with Crippen molar-refractivity contribution in [1.82, 2.24) is 0 Å². The predicted octanol–water partition coefficient (Wildman–Crippen LogP) is 16.2. The van der Waals surface area contributed by atoms with E-state index in [1.165, 1.54) is 65.3 Å². The molecule has 0 aliphatic heterocycles. The van der Waals surface area contributed by atoms with Crippen LogP contribution in [0.5, 0.6) is 0 Å². The molecule has 0 saturated carbocycles. The van der Waals surface area contributed by atoms with Gasteiger partial charge in [-0.05, 0) is 102 Å². The number of benzene rings is 11. The molecule has 0 atom stereocenters. The molecule has 0 aliphatic carbocycles. The Morgan fingerprint density at radius 1 is 0.310 bits per heavy atom. The lowest BCUT2D eigenvalue weighted by Crippen LogP contribution is -2.11. The number of anilines is 3. The van der Waals surface area contributed by atoms with Crippen molar-refractivity contribution in [2.45, 2.75) is 0 Å². The number of rotatable bonds is 5. The lowest BCUT2D eigenvalue weighted by molar-refractivity contribution is 0.672. The van der Waals surface area contributed by atoms with Gasteiger partial charge in [0.2, 0.25) is 0 Å². The normalized spacial score (nSPS) is 11.8. The Hall–Kier alpha value is -7.68. The predicted molar refractivity (Wildman–Crippen MR) is 247 cm³/mol. The Kier molecular flexibility index (Phi) is 7.26. The Bertz CT molecular complexity index is 3570. The van der Waals surface area contributed by atoms with Gasteiger partial charge in [-0.15, -0.1) is 0 Å². The Balaban J connectivity index is 1.23. The van der Waals surface area contributed by atoms with Crippen LogP contribution >= 0.6 is 0 Å². The average Bonchev–Trinajstić information content (AvgIpc) is 3.69. The Morgan fingerprint density at radius 2 is 0.828 bits per heavy atom. The van der Waals surface area contributed by atoms with Gasteiger partial charge in [0.15, 0.2) is 0 Å². The number of hydrogen-bond donors (Lipinski definition) is 0. The largest absolute Gasteiger partial charge is 0.455 e. The van der Waals surface area contributed by atoms with Crippen LogP contribution in [0.25, 0.3) is 98.1 Å². The molecule has 0 radical (unpaired) electrons. The van der Waals surface area contributed by atoms with E-state index in [1.54, 1.807) is 0 Å². The lowest BCUT2D eigenvalue weighted by Gasteiger charge is -2.29. The van der Waals surface area contributed by atoms with Crippen LogP contribution in [-0.2, 0) is 0 Å². The molecule has 0 amide bonds. The van der Waals surface area contributed by atoms with E-state index < -0.39 is 0 Å². The van der Waals surface area contributed by atoms with Gasteiger partial charge in [-0.2, -0.15) is 0 Å². The summed E-state index contributed by atoms with van der Waals surface area (Å²) in [6.45, 7) is 0. The van der Waals surface area contributed by atoms with E-state index in [0.29, 0.717) is 0 Å². The van der Waals surface area contributed by atoms with Crippen LogP contribution in [0.1, 0.15) is 0 Å². The zero-order valence-corrected chi connectivity index (χ0v) is 31.6. The third kappa shape index (κ3) is 4.92. The maximum Gasteiger partial charge on any atom is 0.143 e. The summed E-state index contributed by atoms with van der Waals surface area (Å²) >= 11 is 0. The Labute approximate surface area is 335 Å². The molecule has 270 valence electrons. The van der Waals surface area contributed by atoms with Crippen LogP contribution in [0, 0.1) is 0 Å². The molecule has 1 aromatic heterocycles. The summed E-state index contributed by atoms with van der Waals surface area (Å²) < 4.78 is 6.81. The molecule has 12 aromatic rings. The molecule has 2 heteroatoms. The molecule has 12 rings (SSSR count). The second-order valence-electron chi connectivity index (χ2n) is 15.2. The number of nitrogens with zero attached hydrogens (tertiary/aromatic N) is 1. The first-order valence-corrected chi connectivity index (χ1v) is 19.9. The molecule has 0 bridgehead atoms. The van der Waals surface area contributed by atoms with Crippen LogP contribution in [0.2, 0.25) is 0 Å². The van der Waals surface area contributed by atoms with Crippen molar-refractivity contribution in [3.05, 3.63) is 212 Å². The minimum Gasteiger partial charge on any atom is -0.455 e. The SMILES string of the molecule is c1ccc(-c2c(-c3ccccc3)c3cc(N(c4cccc5c4ccc4ccccc45)c4cccc5oc6c7ccccc7ccc6c45)ccc3c3ccccc23)cc1. The summed E-state index contributed by atoms with van der Waals surface area (Å²) in [6.07, 6.45) is 0. The van der Waals surface area contributed by atoms with Crippen LogP contribution in [0.4, 0.5) is 17.1 Å². The van der Waals surface area contributed by atoms with Crippen LogP contribution in [-0.4, -0.2) is 0 Å². The highest BCUT2D eigenvalue weighted by Crippen LogP contribution is 2.50. The molecular formula is C56H35NO. The van der Waals surface area contributed by atoms with Crippen LogP contribution < -0.4 is 4.90 Å². The highest BCUT2D eigenvalue weighted by molar-refractivity contribution is 6.24. The van der Waals surface area contributed by atoms with Gasteiger partial charge < -0.3 is 9.32 Å². The number of hydrogen-bond acceptors (Lipinski definition) is 2. The Morgan fingerprint density at radius 3 is 1.59 bits per heavy atom. The summed E-state index contributed by atoms with van der Waals surface area (Å²) in [5.74, 6) is 0. The maximum atomic E-state index is 6.81. The molecule has 0 unspecified atom stereocenters. The second-order valence-corrected chi connectivity index (χ2v) is 15.2. The van der Waals surface area contributed by atoms with E-state index in [4.69, 9.17) is 4.42 Å². The summed E-state index contributed by atoms with van der Waals surface area (Å²) in [5, 5.41) is 14.2. The zero-order valence-electron chi connectivity index (χ0n) is 31.6. The smallest absolute Gasteiger partial charge is 0.143 e. The van der Waals surface area contributed by atoms with E-state index >= 15 is 0 Å². The lowest BCUT2D eigenvalue weighted by atomic mass is 9.85. The van der Waals surface area contributed by atoms with Crippen molar-refractivity contribution in [3.63, 3.8) is 0 Å². The van der Waals surface area contributed by atoms with Crippen molar-refractivity contribution in [2.24, 2.45) is 0 Å². The summed E-state index contributed by atoms with van der Waals surface area (Å²) in [5.41, 5.74) is 9.87. The van der Waals surface area contributed by atoms with Gasteiger partial charge in [-0.3, -0.25) is 0 Å². The van der Waals surface area contributed by atoms with Crippen molar-refractivity contribution in [2.75, 3.05) is 4.90 Å². The highest BCUT2D eigenvalue weighted by atomic mass is 16.3. The van der Waals surface area contributed by atoms with Gasteiger partial charge in [0.1, 0.15) is 11.2 Å². The van der Waals surface area contributed by atoms with Gasteiger partial charge in [-0.1, -0.05) is 176 Å². The topological polar surface area (TPSA) is 16.4 Å². The van der Waals surface area contributed by atoms with Gasteiger partial charge in [0, 0.05) is 21.8 Å². The molecule has 58 heavy (non-hydrogen) atoms. The standard InChI is InChI=1S/C56H35NO/c1-3-17-38(18-4-1)53-47-24-12-11-23-44(47)45-34-31-40(35-49(45)54(53)39-19-5-2-6-20-39)57(50-26-13-25-43-41-21-9-7-15-36(41)29-32-46(43)50)51-27-14-28-52-55(51)48-33-30-37-16-8-10-22-42(37)56(48)58-52/h1-35H. The molecule has 0 aliphatic rings. The fourth-order valence-corrected chi connectivity index (χ4v) is 9.48. The van der Waals surface area contributed by atoms with Crippen molar-refractivity contribution in [3.8, 4) is 22.3 Å². The number of fused-ring (bicyclic) bond motifs is 11. The molecule has 0 N–H and O–H groups in total. The van der Waals surface area contributed by atoms with Gasteiger partial charge in [0.05, 0.1) is 16.8 Å². The fraction of sp³-hybridized carbons (Fsp3) is 0. The average molecular weight is 738 g/mol. The van der Waals surface area contributed by atoms with Crippen LogP contribution in [0.3, 0.4) is 0 Å². The van der Waals surface area contributed by atoms with Crippen molar-refractivity contribution in [1.29, 1.82) is 0 Å². The second kappa shape index (κ2) is 12.9. The van der Waals surface area contributed by atoms with E-state index in [1.807, 2.05) is 0 Å². The molecule has 0 spiro atoms. The molecule has 0 fully saturated rings. The third-order valence-electron chi connectivity index (χ3n) is 12.0. The van der Waals surface area contributed by atoms with Crippen molar-refractivity contribution >= 4 is 92.9 Å². The van der Waals surface area contributed by atoms with E-state index in [2.05, 4.69) is 217 Å². The quantitative estimate of drug-likeness (QED) is 0.164. The molecule has 11 aromatic carbocycles.